The molecule has 0 radical (unpaired) electrons. The molecule has 1 aliphatic rings. The average molecular weight is 311 g/mol. The highest BCUT2D eigenvalue weighted by molar-refractivity contribution is 7.89. The van der Waals surface area contributed by atoms with Gasteiger partial charge in [0.2, 0.25) is 10.0 Å². The highest BCUT2D eigenvalue weighted by Gasteiger charge is 2.18. The minimum atomic E-state index is -3.45. The normalized spacial score (nSPS) is 20.5. The lowest BCUT2D eigenvalue weighted by Gasteiger charge is -2.33. The van der Waals surface area contributed by atoms with Crippen LogP contribution in [0.25, 0.3) is 0 Å². The van der Waals surface area contributed by atoms with Gasteiger partial charge in [0.25, 0.3) is 0 Å². The highest BCUT2D eigenvalue weighted by atomic mass is 32.2. The topological polar surface area (TPSA) is 75.4 Å². The largest absolute Gasteiger partial charge is 0.399 e. The average Bonchev–Trinajstić information content (AvgIpc) is 2.45. The molecule has 5 nitrogen and oxygen atoms in total. The molecular weight excluding hydrogens is 286 g/mol. The van der Waals surface area contributed by atoms with E-state index in [0.29, 0.717) is 18.3 Å². The summed E-state index contributed by atoms with van der Waals surface area (Å²) in [7, 11) is -3.45. The van der Waals surface area contributed by atoms with E-state index < -0.39 is 10.0 Å². The van der Waals surface area contributed by atoms with Crippen molar-refractivity contribution in [2.45, 2.75) is 43.5 Å². The van der Waals surface area contributed by atoms with Crippen LogP contribution in [0.15, 0.2) is 29.2 Å². The van der Waals surface area contributed by atoms with Crippen LogP contribution < -0.4 is 10.5 Å². The van der Waals surface area contributed by atoms with Crippen molar-refractivity contribution in [1.82, 2.24) is 9.62 Å². The van der Waals surface area contributed by atoms with Crippen molar-refractivity contribution >= 4 is 15.7 Å². The lowest BCUT2D eigenvalue weighted by atomic mass is 10.0. The minimum Gasteiger partial charge on any atom is -0.399 e. The van der Waals surface area contributed by atoms with Gasteiger partial charge in [-0.1, -0.05) is 12.5 Å². The first-order chi connectivity index (χ1) is 9.99. The molecule has 1 aromatic rings. The number of hydrogen-bond acceptors (Lipinski definition) is 4. The lowest BCUT2D eigenvalue weighted by molar-refractivity contribution is 0.159. The van der Waals surface area contributed by atoms with Gasteiger partial charge in [-0.15, -0.1) is 0 Å². The lowest BCUT2D eigenvalue weighted by Crippen LogP contribution is -2.39. The maximum Gasteiger partial charge on any atom is 0.240 e. The number of nitrogen functional groups attached to an aromatic ring is 1. The summed E-state index contributed by atoms with van der Waals surface area (Å²) in [4.78, 5) is 2.67. The second-order valence-electron chi connectivity index (χ2n) is 5.70. The third-order valence-electron chi connectivity index (χ3n) is 4.02. The number of piperidine rings is 1. The third-order valence-corrected chi connectivity index (χ3v) is 5.48. The molecule has 1 heterocycles. The van der Waals surface area contributed by atoms with E-state index >= 15 is 0 Å². The van der Waals surface area contributed by atoms with Gasteiger partial charge in [-0.05, 0) is 57.5 Å². The van der Waals surface area contributed by atoms with Crippen molar-refractivity contribution in [2.24, 2.45) is 0 Å². The van der Waals surface area contributed by atoms with Gasteiger partial charge in [0.1, 0.15) is 0 Å². The molecule has 118 valence electrons. The summed E-state index contributed by atoms with van der Waals surface area (Å²) < 4.78 is 26.9. The van der Waals surface area contributed by atoms with E-state index in [4.69, 9.17) is 5.73 Å². The molecule has 0 spiro atoms. The van der Waals surface area contributed by atoms with Crippen molar-refractivity contribution < 1.29 is 8.42 Å². The number of anilines is 1. The first kappa shape index (κ1) is 16.3. The summed E-state index contributed by atoms with van der Waals surface area (Å²) in [5.74, 6) is 0. The summed E-state index contributed by atoms with van der Waals surface area (Å²) in [6.07, 6.45) is 4.62. The van der Waals surface area contributed by atoms with Crippen LogP contribution in [-0.4, -0.2) is 39.0 Å². The Kier molecular flexibility index (Phi) is 5.61. The number of nitrogens with two attached hydrogens (primary N) is 1. The van der Waals surface area contributed by atoms with E-state index in [1.165, 1.54) is 25.3 Å². The molecule has 0 aliphatic carbocycles. The maximum absolute atomic E-state index is 12.1. The Morgan fingerprint density at radius 1 is 1.38 bits per heavy atom. The standard InChI is InChI=1S/C15H25N3O2S/c1-13-6-2-3-10-18(13)11-5-9-17-21(19,20)15-8-4-7-14(16)12-15/h4,7-8,12-13,17H,2-3,5-6,9-11,16H2,1H3. The molecule has 1 unspecified atom stereocenters. The second-order valence-corrected chi connectivity index (χ2v) is 7.47. The smallest absolute Gasteiger partial charge is 0.240 e. The molecule has 1 aromatic carbocycles. The monoisotopic (exact) mass is 311 g/mol. The van der Waals surface area contributed by atoms with Crippen molar-refractivity contribution in [3.63, 3.8) is 0 Å². The van der Waals surface area contributed by atoms with Gasteiger partial charge in [0.05, 0.1) is 4.90 Å². The summed E-state index contributed by atoms with van der Waals surface area (Å²) in [6.45, 7) is 4.78. The Bertz CT molecular complexity index is 560. The van der Waals surface area contributed by atoms with E-state index in [2.05, 4.69) is 16.5 Å². The molecule has 0 amide bonds. The van der Waals surface area contributed by atoms with E-state index in [0.717, 1.165) is 19.5 Å². The fourth-order valence-corrected chi connectivity index (χ4v) is 3.87. The zero-order chi connectivity index (χ0) is 15.3. The summed E-state index contributed by atoms with van der Waals surface area (Å²) >= 11 is 0. The molecule has 1 saturated heterocycles. The van der Waals surface area contributed by atoms with Crippen molar-refractivity contribution in [3.05, 3.63) is 24.3 Å². The second kappa shape index (κ2) is 7.24. The van der Waals surface area contributed by atoms with E-state index in [1.807, 2.05) is 0 Å². The highest BCUT2D eigenvalue weighted by Crippen LogP contribution is 2.16. The molecule has 3 N–H and O–H groups in total. The van der Waals surface area contributed by atoms with Crippen molar-refractivity contribution in [2.75, 3.05) is 25.4 Å². The van der Waals surface area contributed by atoms with E-state index in [-0.39, 0.29) is 4.90 Å². The van der Waals surface area contributed by atoms with Crippen LogP contribution >= 0.6 is 0 Å². The molecule has 0 saturated carbocycles. The Balaban J connectivity index is 1.80. The maximum atomic E-state index is 12.1. The number of benzene rings is 1. The molecule has 6 heteroatoms. The summed E-state index contributed by atoms with van der Waals surface area (Å²) in [5, 5.41) is 0. The summed E-state index contributed by atoms with van der Waals surface area (Å²) in [6, 6.07) is 6.99. The Hall–Kier alpha value is -1.11. The molecule has 0 bridgehead atoms. The van der Waals surface area contributed by atoms with Crippen LogP contribution in [0.1, 0.15) is 32.6 Å². The van der Waals surface area contributed by atoms with Gasteiger partial charge in [-0.3, -0.25) is 0 Å². The van der Waals surface area contributed by atoms with E-state index in [9.17, 15) is 8.42 Å². The zero-order valence-electron chi connectivity index (χ0n) is 12.6. The third kappa shape index (κ3) is 4.69. The molecule has 0 aromatic heterocycles. The number of likely N-dealkylation sites (tertiary alicyclic amines) is 1. The van der Waals surface area contributed by atoms with Gasteiger partial charge < -0.3 is 10.6 Å². The number of sulfonamides is 1. The first-order valence-electron chi connectivity index (χ1n) is 7.58. The quantitative estimate of drug-likeness (QED) is 0.620. The molecule has 2 rings (SSSR count). The zero-order valence-corrected chi connectivity index (χ0v) is 13.4. The number of nitrogens with zero attached hydrogens (tertiary/aromatic N) is 1. The van der Waals surface area contributed by atoms with Gasteiger partial charge in [0.15, 0.2) is 0 Å². The van der Waals surface area contributed by atoms with Crippen LogP contribution in [0.2, 0.25) is 0 Å². The SMILES string of the molecule is CC1CCCCN1CCCNS(=O)(=O)c1cccc(N)c1. The predicted molar refractivity (Wildman–Crippen MR) is 85.5 cm³/mol. The fraction of sp³-hybridized carbons (Fsp3) is 0.600. The Morgan fingerprint density at radius 2 is 2.19 bits per heavy atom. The predicted octanol–water partition coefficient (Wildman–Crippen LogP) is 1.81. The molecule has 1 fully saturated rings. The Labute approximate surface area is 127 Å². The van der Waals surface area contributed by atoms with Crippen LogP contribution in [0.5, 0.6) is 0 Å². The van der Waals surface area contributed by atoms with E-state index in [1.54, 1.807) is 18.2 Å². The summed E-state index contributed by atoms with van der Waals surface area (Å²) in [5.41, 5.74) is 6.08. The Morgan fingerprint density at radius 3 is 2.90 bits per heavy atom. The number of rotatable bonds is 6. The van der Waals surface area contributed by atoms with Gasteiger partial charge in [-0.25, -0.2) is 13.1 Å². The van der Waals surface area contributed by atoms with Crippen LogP contribution in [0.3, 0.4) is 0 Å². The van der Waals surface area contributed by atoms with Crippen LogP contribution in [-0.2, 0) is 10.0 Å². The van der Waals surface area contributed by atoms with Gasteiger partial charge >= 0.3 is 0 Å². The number of hydrogen-bond donors (Lipinski definition) is 2. The molecule has 1 atom stereocenters. The van der Waals surface area contributed by atoms with Crippen LogP contribution in [0, 0.1) is 0 Å². The molecule has 1 aliphatic heterocycles. The van der Waals surface area contributed by atoms with Crippen LogP contribution in [0.4, 0.5) is 5.69 Å². The fourth-order valence-electron chi connectivity index (χ4n) is 2.74. The minimum absolute atomic E-state index is 0.230. The molecular formula is C15H25N3O2S. The van der Waals surface area contributed by atoms with Crippen molar-refractivity contribution in [3.8, 4) is 0 Å². The van der Waals surface area contributed by atoms with Gasteiger partial charge in [0, 0.05) is 18.3 Å². The van der Waals surface area contributed by atoms with Crippen molar-refractivity contribution in [1.29, 1.82) is 0 Å². The first-order valence-corrected chi connectivity index (χ1v) is 9.06. The molecule has 21 heavy (non-hydrogen) atoms. The number of nitrogens with one attached hydrogen (secondary N) is 1. The van der Waals surface area contributed by atoms with Gasteiger partial charge in [-0.2, -0.15) is 0 Å².